The van der Waals surface area contributed by atoms with Crippen LogP contribution in [0.15, 0.2) is 42.5 Å². The smallest absolute Gasteiger partial charge is 0.0835 e. The SMILES string of the molecule is Cc1cccc(C)c1C(O)Cc1ccc(I)cc1. The molecule has 0 aromatic heterocycles. The van der Waals surface area contributed by atoms with Gasteiger partial charge in [0.1, 0.15) is 0 Å². The third-order valence-corrected chi connectivity index (χ3v) is 3.94. The van der Waals surface area contributed by atoms with Gasteiger partial charge in [-0.15, -0.1) is 0 Å². The highest BCUT2D eigenvalue weighted by Crippen LogP contribution is 2.25. The summed E-state index contributed by atoms with van der Waals surface area (Å²) >= 11 is 2.29. The van der Waals surface area contributed by atoms with E-state index in [1.54, 1.807) is 0 Å². The van der Waals surface area contributed by atoms with Gasteiger partial charge in [0.25, 0.3) is 0 Å². The zero-order valence-corrected chi connectivity index (χ0v) is 12.8. The van der Waals surface area contributed by atoms with E-state index in [2.05, 4.69) is 72.8 Å². The van der Waals surface area contributed by atoms with Gasteiger partial charge in [0.15, 0.2) is 0 Å². The van der Waals surface area contributed by atoms with E-state index in [-0.39, 0.29) is 0 Å². The molecule has 94 valence electrons. The summed E-state index contributed by atoms with van der Waals surface area (Å²) < 4.78 is 1.22. The topological polar surface area (TPSA) is 20.2 Å². The first-order valence-electron chi connectivity index (χ1n) is 6.06. The van der Waals surface area contributed by atoms with Gasteiger partial charge in [-0.2, -0.15) is 0 Å². The van der Waals surface area contributed by atoms with Gasteiger partial charge in [-0.3, -0.25) is 0 Å². The first-order valence-corrected chi connectivity index (χ1v) is 7.14. The lowest BCUT2D eigenvalue weighted by Crippen LogP contribution is -2.06. The average molecular weight is 352 g/mol. The van der Waals surface area contributed by atoms with Crippen LogP contribution in [0.1, 0.15) is 28.4 Å². The number of hydrogen-bond acceptors (Lipinski definition) is 1. The number of aliphatic hydroxyl groups excluding tert-OH is 1. The third kappa shape index (κ3) is 3.12. The molecule has 18 heavy (non-hydrogen) atoms. The molecular weight excluding hydrogens is 335 g/mol. The van der Waals surface area contributed by atoms with E-state index in [4.69, 9.17) is 0 Å². The van der Waals surface area contributed by atoms with E-state index >= 15 is 0 Å². The molecular formula is C16H17IO. The number of halogens is 1. The molecule has 2 rings (SSSR count). The van der Waals surface area contributed by atoms with Crippen LogP contribution in [0, 0.1) is 17.4 Å². The predicted octanol–water partition coefficient (Wildman–Crippen LogP) is 4.18. The molecule has 1 N–H and O–H groups in total. The second-order valence-corrected chi connectivity index (χ2v) is 5.90. The highest BCUT2D eigenvalue weighted by molar-refractivity contribution is 14.1. The number of hydrogen-bond donors (Lipinski definition) is 1. The second kappa shape index (κ2) is 5.85. The quantitative estimate of drug-likeness (QED) is 0.822. The Bertz CT molecular complexity index is 511. The van der Waals surface area contributed by atoms with Crippen molar-refractivity contribution in [3.63, 3.8) is 0 Å². The largest absolute Gasteiger partial charge is 0.388 e. The molecule has 0 amide bonds. The maximum atomic E-state index is 10.4. The Kier molecular flexibility index (Phi) is 4.40. The number of aliphatic hydroxyl groups is 1. The number of aryl methyl sites for hydroxylation is 2. The highest BCUT2D eigenvalue weighted by Gasteiger charge is 2.13. The molecule has 0 radical (unpaired) electrons. The molecule has 0 heterocycles. The van der Waals surface area contributed by atoms with Gasteiger partial charge in [0.05, 0.1) is 6.10 Å². The van der Waals surface area contributed by atoms with Crippen LogP contribution in [0.2, 0.25) is 0 Å². The van der Waals surface area contributed by atoms with Crippen molar-refractivity contribution in [3.8, 4) is 0 Å². The summed E-state index contributed by atoms with van der Waals surface area (Å²) in [6.45, 7) is 4.11. The molecule has 1 nitrogen and oxygen atoms in total. The van der Waals surface area contributed by atoms with Gasteiger partial charge >= 0.3 is 0 Å². The molecule has 0 spiro atoms. The maximum absolute atomic E-state index is 10.4. The van der Waals surface area contributed by atoms with Crippen molar-refractivity contribution in [2.45, 2.75) is 26.4 Å². The van der Waals surface area contributed by atoms with E-state index < -0.39 is 6.10 Å². The summed E-state index contributed by atoms with van der Waals surface area (Å²) in [4.78, 5) is 0. The molecule has 2 heteroatoms. The van der Waals surface area contributed by atoms with Crippen LogP contribution in [0.3, 0.4) is 0 Å². The minimum absolute atomic E-state index is 0.425. The summed E-state index contributed by atoms with van der Waals surface area (Å²) in [5, 5.41) is 10.4. The Hall–Kier alpha value is -0.870. The van der Waals surface area contributed by atoms with Gasteiger partial charge < -0.3 is 5.11 Å². The molecule has 1 atom stereocenters. The summed E-state index contributed by atoms with van der Waals surface area (Å²) in [5.41, 5.74) is 4.56. The van der Waals surface area contributed by atoms with Crippen LogP contribution in [-0.4, -0.2) is 5.11 Å². The fourth-order valence-corrected chi connectivity index (χ4v) is 2.66. The molecule has 0 saturated heterocycles. The molecule has 0 aliphatic heterocycles. The fraction of sp³-hybridized carbons (Fsp3) is 0.250. The lowest BCUT2D eigenvalue weighted by molar-refractivity contribution is 0.177. The molecule has 0 saturated carbocycles. The van der Waals surface area contributed by atoms with Crippen LogP contribution in [0.5, 0.6) is 0 Å². The zero-order chi connectivity index (χ0) is 13.1. The van der Waals surface area contributed by atoms with Gasteiger partial charge in [-0.1, -0.05) is 30.3 Å². The van der Waals surface area contributed by atoms with E-state index in [0.717, 1.165) is 16.7 Å². The zero-order valence-electron chi connectivity index (χ0n) is 10.7. The Morgan fingerprint density at radius 2 is 1.56 bits per heavy atom. The highest BCUT2D eigenvalue weighted by atomic mass is 127. The first-order chi connectivity index (χ1) is 8.58. The lowest BCUT2D eigenvalue weighted by Gasteiger charge is -2.16. The van der Waals surface area contributed by atoms with E-state index in [1.807, 2.05) is 6.07 Å². The molecule has 0 fully saturated rings. The Morgan fingerprint density at radius 1 is 1.00 bits per heavy atom. The molecule has 0 aliphatic rings. The van der Waals surface area contributed by atoms with Gasteiger partial charge in [-0.25, -0.2) is 0 Å². The summed E-state index contributed by atoms with van der Waals surface area (Å²) in [5.74, 6) is 0. The standard InChI is InChI=1S/C16H17IO/c1-11-4-3-5-12(2)16(11)15(18)10-13-6-8-14(17)9-7-13/h3-9,15,18H,10H2,1-2H3. The van der Waals surface area contributed by atoms with E-state index in [1.165, 1.54) is 9.13 Å². The molecule has 2 aromatic rings. The van der Waals surface area contributed by atoms with Crippen molar-refractivity contribution in [1.29, 1.82) is 0 Å². The van der Waals surface area contributed by atoms with Crippen LogP contribution in [-0.2, 0) is 6.42 Å². The van der Waals surface area contributed by atoms with Crippen LogP contribution < -0.4 is 0 Å². The van der Waals surface area contributed by atoms with Crippen LogP contribution in [0.4, 0.5) is 0 Å². The average Bonchev–Trinajstić information content (AvgIpc) is 2.32. The molecule has 2 aromatic carbocycles. The molecule has 1 unspecified atom stereocenters. The Labute approximate surface area is 122 Å². The van der Waals surface area contributed by atoms with Crippen molar-refractivity contribution in [3.05, 3.63) is 68.3 Å². The number of benzene rings is 2. The monoisotopic (exact) mass is 352 g/mol. The Morgan fingerprint density at radius 3 is 2.11 bits per heavy atom. The number of rotatable bonds is 3. The van der Waals surface area contributed by atoms with Crippen molar-refractivity contribution in [1.82, 2.24) is 0 Å². The second-order valence-electron chi connectivity index (χ2n) is 4.65. The maximum Gasteiger partial charge on any atom is 0.0835 e. The van der Waals surface area contributed by atoms with Crippen molar-refractivity contribution < 1.29 is 5.11 Å². The summed E-state index contributed by atoms with van der Waals surface area (Å²) in [6, 6.07) is 14.5. The van der Waals surface area contributed by atoms with Crippen LogP contribution >= 0.6 is 22.6 Å². The fourth-order valence-electron chi connectivity index (χ4n) is 2.30. The van der Waals surface area contributed by atoms with Gasteiger partial charge in [0, 0.05) is 9.99 Å². The van der Waals surface area contributed by atoms with Crippen molar-refractivity contribution in [2.24, 2.45) is 0 Å². The summed E-state index contributed by atoms with van der Waals surface area (Å²) in [6.07, 6.45) is 0.245. The Balaban J connectivity index is 2.22. The predicted molar refractivity (Wildman–Crippen MR) is 83.7 cm³/mol. The minimum atomic E-state index is -0.425. The van der Waals surface area contributed by atoms with Crippen LogP contribution in [0.25, 0.3) is 0 Å². The summed E-state index contributed by atoms with van der Waals surface area (Å²) in [7, 11) is 0. The normalized spacial score (nSPS) is 12.4. The van der Waals surface area contributed by atoms with Crippen molar-refractivity contribution in [2.75, 3.05) is 0 Å². The van der Waals surface area contributed by atoms with Gasteiger partial charge in [0.2, 0.25) is 0 Å². The molecule has 0 aliphatic carbocycles. The van der Waals surface area contributed by atoms with E-state index in [0.29, 0.717) is 6.42 Å². The first kappa shape index (κ1) is 13.6. The molecule has 0 bridgehead atoms. The van der Waals surface area contributed by atoms with Gasteiger partial charge in [-0.05, 0) is 70.8 Å². The van der Waals surface area contributed by atoms with E-state index in [9.17, 15) is 5.11 Å². The third-order valence-electron chi connectivity index (χ3n) is 3.22. The van der Waals surface area contributed by atoms with Crippen molar-refractivity contribution >= 4 is 22.6 Å². The minimum Gasteiger partial charge on any atom is -0.388 e. The lowest BCUT2D eigenvalue weighted by atomic mass is 9.94.